The first-order chi connectivity index (χ1) is 4.72. The SMILES string of the molecule is CN1C=CC=CC1C(=O)O. The first-order valence-corrected chi connectivity index (χ1v) is 3.01. The van der Waals surface area contributed by atoms with Crippen molar-refractivity contribution in [3.05, 3.63) is 24.4 Å². The highest BCUT2D eigenvalue weighted by atomic mass is 16.4. The highest BCUT2D eigenvalue weighted by Gasteiger charge is 2.17. The van der Waals surface area contributed by atoms with Crippen molar-refractivity contribution in [3.63, 3.8) is 0 Å². The minimum atomic E-state index is -0.817. The molecule has 3 heteroatoms. The van der Waals surface area contributed by atoms with Gasteiger partial charge >= 0.3 is 5.97 Å². The predicted octanol–water partition coefficient (Wildman–Crippen LogP) is 0.455. The average Bonchev–Trinajstić information content (AvgIpc) is 1.88. The van der Waals surface area contributed by atoms with Crippen molar-refractivity contribution < 1.29 is 9.90 Å². The lowest BCUT2D eigenvalue weighted by Gasteiger charge is -2.21. The molecule has 0 radical (unpaired) electrons. The lowest BCUT2D eigenvalue weighted by atomic mass is 10.2. The maximum atomic E-state index is 10.4. The second kappa shape index (κ2) is 2.56. The van der Waals surface area contributed by atoms with Crippen molar-refractivity contribution >= 4 is 5.97 Å². The van der Waals surface area contributed by atoms with E-state index in [1.807, 2.05) is 0 Å². The second-order valence-corrected chi connectivity index (χ2v) is 2.17. The van der Waals surface area contributed by atoms with Crippen LogP contribution in [0.4, 0.5) is 0 Å². The number of rotatable bonds is 1. The van der Waals surface area contributed by atoms with Crippen molar-refractivity contribution in [2.24, 2.45) is 0 Å². The molecule has 0 spiro atoms. The molecule has 0 aromatic carbocycles. The highest BCUT2D eigenvalue weighted by molar-refractivity contribution is 5.76. The van der Waals surface area contributed by atoms with E-state index in [0.717, 1.165) is 0 Å². The van der Waals surface area contributed by atoms with Gasteiger partial charge in [0.25, 0.3) is 0 Å². The van der Waals surface area contributed by atoms with Gasteiger partial charge in [0, 0.05) is 7.05 Å². The second-order valence-electron chi connectivity index (χ2n) is 2.17. The molecule has 1 aliphatic heterocycles. The molecular weight excluding hydrogens is 130 g/mol. The summed E-state index contributed by atoms with van der Waals surface area (Å²) in [6.07, 6.45) is 6.92. The summed E-state index contributed by atoms with van der Waals surface area (Å²) >= 11 is 0. The van der Waals surface area contributed by atoms with Gasteiger partial charge < -0.3 is 10.0 Å². The molecule has 0 saturated heterocycles. The van der Waals surface area contributed by atoms with Crippen LogP contribution in [0.5, 0.6) is 0 Å². The third-order valence-corrected chi connectivity index (χ3v) is 1.42. The predicted molar refractivity (Wildman–Crippen MR) is 37.5 cm³/mol. The van der Waals surface area contributed by atoms with Crippen LogP contribution in [0.15, 0.2) is 24.4 Å². The van der Waals surface area contributed by atoms with Gasteiger partial charge in [0.1, 0.15) is 6.04 Å². The summed E-state index contributed by atoms with van der Waals surface area (Å²) in [5.74, 6) is -0.817. The number of carboxylic acid groups (broad SMARTS) is 1. The molecule has 54 valence electrons. The molecule has 0 saturated carbocycles. The maximum absolute atomic E-state index is 10.4. The van der Waals surface area contributed by atoms with Crippen LogP contribution >= 0.6 is 0 Å². The molecular formula is C7H9NO2. The minimum Gasteiger partial charge on any atom is -0.479 e. The summed E-state index contributed by atoms with van der Waals surface area (Å²) in [6.45, 7) is 0. The largest absolute Gasteiger partial charge is 0.479 e. The van der Waals surface area contributed by atoms with E-state index in [2.05, 4.69) is 0 Å². The first kappa shape index (κ1) is 6.86. The van der Waals surface area contributed by atoms with E-state index in [4.69, 9.17) is 5.11 Å². The molecule has 1 rings (SSSR count). The molecule has 1 heterocycles. The Balaban J connectivity index is 2.70. The van der Waals surface area contributed by atoms with Crippen molar-refractivity contribution in [1.29, 1.82) is 0 Å². The van der Waals surface area contributed by atoms with Gasteiger partial charge in [-0.2, -0.15) is 0 Å². The standard InChI is InChI=1S/C7H9NO2/c1-8-5-3-2-4-6(8)7(9)10/h2-6H,1H3,(H,9,10). The molecule has 10 heavy (non-hydrogen) atoms. The van der Waals surface area contributed by atoms with Gasteiger partial charge in [0.2, 0.25) is 0 Å². The van der Waals surface area contributed by atoms with E-state index < -0.39 is 12.0 Å². The van der Waals surface area contributed by atoms with Crippen LogP contribution in [-0.4, -0.2) is 29.1 Å². The van der Waals surface area contributed by atoms with Gasteiger partial charge in [0.05, 0.1) is 0 Å². The zero-order chi connectivity index (χ0) is 7.56. The van der Waals surface area contributed by atoms with Crippen LogP contribution < -0.4 is 0 Å². The van der Waals surface area contributed by atoms with Crippen LogP contribution in [0.2, 0.25) is 0 Å². The van der Waals surface area contributed by atoms with Crippen molar-refractivity contribution in [2.45, 2.75) is 6.04 Å². The van der Waals surface area contributed by atoms with Gasteiger partial charge in [-0.1, -0.05) is 12.2 Å². The number of likely N-dealkylation sites (N-methyl/N-ethyl adjacent to an activating group) is 1. The summed E-state index contributed by atoms with van der Waals surface area (Å²) in [5.41, 5.74) is 0. The monoisotopic (exact) mass is 139 g/mol. The molecule has 1 aliphatic rings. The molecule has 0 aromatic rings. The first-order valence-electron chi connectivity index (χ1n) is 3.01. The van der Waals surface area contributed by atoms with Crippen molar-refractivity contribution in [1.82, 2.24) is 4.90 Å². The van der Waals surface area contributed by atoms with Gasteiger partial charge in [0.15, 0.2) is 0 Å². The van der Waals surface area contributed by atoms with Crippen LogP contribution in [0.3, 0.4) is 0 Å². The smallest absolute Gasteiger partial charge is 0.330 e. The van der Waals surface area contributed by atoms with Gasteiger partial charge in [-0.05, 0) is 12.3 Å². The number of nitrogens with zero attached hydrogens (tertiary/aromatic N) is 1. The Morgan fingerprint density at radius 3 is 2.70 bits per heavy atom. The minimum absolute atomic E-state index is 0.495. The Labute approximate surface area is 59.3 Å². The van der Waals surface area contributed by atoms with Crippen LogP contribution in [0, 0.1) is 0 Å². The van der Waals surface area contributed by atoms with E-state index in [-0.39, 0.29) is 0 Å². The summed E-state index contributed by atoms with van der Waals surface area (Å²) < 4.78 is 0. The van der Waals surface area contributed by atoms with Gasteiger partial charge in [-0.15, -0.1) is 0 Å². The van der Waals surface area contributed by atoms with Crippen LogP contribution in [0.25, 0.3) is 0 Å². The van der Waals surface area contributed by atoms with E-state index in [9.17, 15) is 4.79 Å². The third kappa shape index (κ3) is 1.18. The fourth-order valence-electron chi connectivity index (χ4n) is 0.840. The van der Waals surface area contributed by atoms with Crippen molar-refractivity contribution in [3.8, 4) is 0 Å². The molecule has 0 amide bonds. The average molecular weight is 139 g/mol. The fraction of sp³-hybridized carbons (Fsp3) is 0.286. The van der Waals surface area contributed by atoms with Gasteiger partial charge in [-0.3, -0.25) is 0 Å². The topological polar surface area (TPSA) is 40.5 Å². The Hall–Kier alpha value is -1.25. The molecule has 0 bridgehead atoms. The van der Waals surface area contributed by atoms with Crippen molar-refractivity contribution in [2.75, 3.05) is 7.05 Å². The quantitative estimate of drug-likeness (QED) is 0.573. The van der Waals surface area contributed by atoms with E-state index in [0.29, 0.717) is 0 Å². The zero-order valence-electron chi connectivity index (χ0n) is 5.69. The molecule has 0 fully saturated rings. The van der Waals surface area contributed by atoms with E-state index in [1.165, 1.54) is 0 Å². The fourth-order valence-corrected chi connectivity index (χ4v) is 0.840. The summed E-state index contributed by atoms with van der Waals surface area (Å²) in [6, 6.07) is -0.495. The summed E-state index contributed by atoms with van der Waals surface area (Å²) in [7, 11) is 1.73. The zero-order valence-corrected chi connectivity index (χ0v) is 5.69. The Morgan fingerprint density at radius 2 is 2.30 bits per heavy atom. The summed E-state index contributed by atoms with van der Waals surface area (Å²) in [5, 5.41) is 8.58. The molecule has 0 aromatic heterocycles. The van der Waals surface area contributed by atoms with Crippen LogP contribution in [0.1, 0.15) is 0 Å². The normalized spacial score (nSPS) is 23.3. The number of hydrogen-bond acceptors (Lipinski definition) is 2. The number of aliphatic carboxylic acids is 1. The van der Waals surface area contributed by atoms with E-state index >= 15 is 0 Å². The van der Waals surface area contributed by atoms with E-state index in [1.54, 1.807) is 36.4 Å². The lowest BCUT2D eigenvalue weighted by molar-refractivity contribution is -0.140. The number of carboxylic acids is 1. The van der Waals surface area contributed by atoms with Crippen LogP contribution in [-0.2, 0) is 4.79 Å². The molecule has 0 aliphatic carbocycles. The van der Waals surface area contributed by atoms with Gasteiger partial charge in [-0.25, -0.2) is 4.79 Å². The highest BCUT2D eigenvalue weighted by Crippen LogP contribution is 2.04. The lowest BCUT2D eigenvalue weighted by Crippen LogP contribution is -2.34. The Morgan fingerprint density at radius 1 is 1.60 bits per heavy atom. The molecule has 1 N–H and O–H groups in total. The molecule has 1 unspecified atom stereocenters. The molecule has 1 atom stereocenters. The number of carbonyl (C=O) groups is 1. The number of hydrogen-bond donors (Lipinski definition) is 1. The Kier molecular flexibility index (Phi) is 1.76. The summed E-state index contributed by atoms with van der Waals surface area (Å²) in [4.78, 5) is 12.1. The molecule has 3 nitrogen and oxygen atoms in total. The maximum Gasteiger partial charge on any atom is 0.330 e. The third-order valence-electron chi connectivity index (χ3n) is 1.42. The number of allylic oxidation sites excluding steroid dienone is 2. The Bertz CT molecular complexity index is 196.